The largest absolute Gasteiger partial charge is 2.00 e. The molecule has 4 heteroatoms. The van der Waals surface area contributed by atoms with Gasteiger partial charge in [-0.1, -0.05) is 18.2 Å². The summed E-state index contributed by atoms with van der Waals surface area (Å²) >= 11 is 0. The van der Waals surface area contributed by atoms with Gasteiger partial charge in [-0.3, -0.25) is 0 Å². The van der Waals surface area contributed by atoms with Crippen LogP contribution in [0.2, 0.25) is 0 Å². The summed E-state index contributed by atoms with van der Waals surface area (Å²) in [6.45, 7) is 0. The molecule has 1 nitrogen and oxygen atoms in total. The van der Waals surface area contributed by atoms with Gasteiger partial charge >= 0.3 is 26.2 Å². The molecule has 66 valence electrons. The van der Waals surface area contributed by atoms with Gasteiger partial charge in [-0.2, -0.15) is 0 Å². The molecule has 0 N–H and O–H groups in total. The molecule has 0 spiro atoms. The van der Waals surface area contributed by atoms with Crippen molar-refractivity contribution in [3.63, 3.8) is 0 Å². The van der Waals surface area contributed by atoms with Gasteiger partial charge < -0.3 is 29.7 Å². The predicted octanol–water partition coefficient (Wildman–Crippen LogP) is -4.24. The Kier molecular flexibility index (Phi) is 14.6. The van der Waals surface area contributed by atoms with E-state index in [0.717, 1.165) is 0 Å². The van der Waals surface area contributed by atoms with Crippen molar-refractivity contribution < 1.29 is 51.0 Å². The van der Waals surface area contributed by atoms with Gasteiger partial charge in [-0.05, 0) is 12.1 Å². The molecule has 0 aliphatic carbocycles. The molecule has 12 heavy (non-hydrogen) atoms. The zero-order valence-electron chi connectivity index (χ0n) is 7.09. The minimum Gasteiger partial charge on any atom is -1.00 e. The maximum absolute atomic E-state index is 2.08. The van der Waals surface area contributed by atoms with Crippen LogP contribution >= 0.6 is 0 Å². The SMILES string of the molecule is CN(C)c1ccccc1.[Cl-].[Cl-].[Zr+2]. The van der Waals surface area contributed by atoms with Crippen molar-refractivity contribution in [2.24, 2.45) is 0 Å². The third kappa shape index (κ3) is 6.05. The zero-order chi connectivity index (χ0) is 6.69. The summed E-state index contributed by atoms with van der Waals surface area (Å²) in [5.74, 6) is 0. The number of hydrogen-bond acceptors (Lipinski definition) is 1. The van der Waals surface area contributed by atoms with Crippen molar-refractivity contribution in [3.8, 4) is 0 Å². The Balaban J connectivity index is -0.000000270. The van der Waals surface area contributed by atoms with E-state index in [-0.39, 0.29) is 51.0 Å². The molecule has 1 aromatic carbocycles. The molecule has 0 fully saturated rings. The first-order valence-corrected chi connectivity index (χ1v) is 3.03. The fourth-order valence-corrected chi connectivity index (χ4v) is 0.726. The number of anilines is 1. The van der Waals surface area contributed by atoms with E-state index in [2.05, 4.69) is 17.0 Å². The second-order valence-corrected chi connectivity index (χ2v) is 2.23. The van der Waals surface area contributed by atoms with Gasteiger partial charge in [-0.25, -0.2) is 0 Å². The van der Waals surface area contributed by atoms with Gasteiger partial charge in [0.2, 0.25) is 0 Å². The number of nitrogens with zero attached hydrogens (tertiary/aromatic N) is 1. The summed E-state index contributed by atoms with van der Waals surface area (Å²) in [5, 5.41) is 0. The number of para-hydroxylation sites is 1. The molecule has 0 aromatic heterocycles. The van der Waals surface area contributed by atoms with E-state index in [1.54, 1.807) is 0 Å². The average Bonchev–Trinajstić information content (AvgIpc) is 1.90. The van der Waals surface area contributed by atoms with Crippen LogP contribution in [0.25, 0.3) is 0 Å². The van der Waals surface area contributed by atoms with Gasteiger partial charge in [0.1, 0.15) is 0 Å². The van der Waals surface area contributed by atoms with E-state index >= 15 is 0 Å². The molecule has 0 unspecified atom stereocenters. The van der Waals surface area contributed by atoms with Crippen molar-refractivity contribution in [1.82, 2.24) is 0 Å². The van der Waals surface area contributed by atoms with Crippen LogP contribution in [0.4, 0.5) is 5.69 Å². The van der Waals surface area contributed by atoms with E-state index in [4.69, 9.17) is 0 Å². The van der Waals surface area contributed by atoms with Gasteiger partial charge in [-0.15, -0.1) is 0 Å². The summed E-state index contributed by atoms with van der Waals surface area (Å²) in [4.78, 5) is 2.08. The van der Waals surface area contributed by atoms with Crippen LogP contribution in [-0.4, -0.2) is 14.1 Å². The Morgan fingerprint density at radius 2 is 1.33 bits per heavy atom. The Morgan fingerprint density at radius 1 is 0.917 bits per heavy atom. The second kappa shape index (κ2) is 9.57. The third-order valence-electron chi connectivity index (χ3n) is 1.27. The normalized spacial score (nSPS) is 6.83. The Labute approximate surface area is 105 Å². The molecule has 0 bridgehead atoms. The van der Waals surface area contributed by atoms with E-state index in [0.29, 0.717) is 0 Å². The summed E-state index contributed by atoms with van der Waals surface area (Å²) in [5.41, 5.74) is 1.25. The molecule has 0 radical (unpaired) electrons. The second-order valence-electron chi connectivity index (χ2n) is 2.23. The number of halogens is 2. The van der Waals surface area contributed by atoms with Gasteiger partial charge in [0.25, 0.3) is 0 Å². The molecule has 0 amide bonds. The first-order chi connectivity index (χ1) is 4.30. The van der Waals surface area contributed by atoms with Crippen LogP contribution in [0.5, 0.6) is 0 Å². The average molecular weight is 283 g/mol. The molecule has 0 saturated heterocycles. The molecule has 0 aliphatic heterocycles. The minimum atomic E-state index is 0. The fourth-order valence-electron chi connectivity index (χ4n) is 0.726. The maximum Gasteiger partial charge on any atom is 2.00 e. The molecule has 0 aliphatic rings. The van der Waals surface area contributed by atoms with Crippen molar-refractivity contribution in [3.05, 3.63) is 30.3 Å². The zero-order valence-corrected chi connectivity index (χ0v) is 11.1. The van der Waals surface area contributed by atoms with Crippen LogP contribution in [0.1, 0.15) is 0 Å². The number of hydrogen-bond donors (Lipinski definition) is 0. The molecule has 0 saturated carbocycles. The van der Waals surface area contributed by atoms with Crippen LogP contribution in [0, 0.1) is 0 Å². The number of benzene rings is 1. The minimum absolute atomic E-state index is 0. The smallest absolute Gasteiger partial charge is 1.00 e. The Bertz CT molecular complexity index is 180. The molecular weight excluding hydrogens is 272 g/mol. The first kappa shape index (κ1) is 18.3. The van der Waals surface area contributed by atoms with E-state index in [1.807, 2.05) is 32.3 Å². The Hall–Kier alpha value is 0.483. The van der Waals surface area contributed by atoms with Crippen LogP contribution in [0.15, 0.2) is 30.3 Å². The van der Waals surface area contributed by atoms with Gasteiger partial charge in [0.15, 0.2) is 0 Å². The van der Waals surface area contributed by atoms with Crippen molar-refractivity contribution in [2.75, 3.05) is 19.0 Å². The summed E-state index contributed by atoms with van der Waals surface area (Å²) in [6.07, 6.45) is 0. The standard InChI is InChI=1S/C8H11N.2ClH.Zr/c1-9(2)8-6-4-3-5-7-8;;;/h3-7H,1-2H3;2*1H;/q;;;+2/p-2. The van der Waals surface area contributed by atoms with Gasteiger partial charge in [0, 0.05) is 19.8 Å². The topological polar surface area (TPSA) is 3.24 Å². The summed E-state index contributed by atoms with van der Waals surface area (Å²) in [7, 11) is 4.07. The summed E-state index contributed by atoms with van der Waals surface area (Å²) in [6, 6.07) is 10.3. The number of rotatable bonds is 1. The molecular formula is C8H11Cl2NZr. The van der Waals surface area contributed by atoms with Crippen molar-refractivity contribution in [1.29, 1.82) is 0 Å². The van der Waals surface area contributed by atoms with Crippen molar-refractivity contribution in [2.45, 2.75) is 0 Å². The Morgan fingerprint density at radius 3 is 1.58 bits per heavy atom. The van der Waals surface area contributed by atoms with E-state index in [9.17, 15) is 0 Å². The van der Waals surface area contributed by atoms with Gasteiger partial charge in [0.05, 0.1) is 0 Å². The maximum atomic E-state index is 2.08. The molecule has 0 heterocycles. The van der Waals surface area contributed by atoms with Crippen molar-refractivity contribution >= 4 is 5.69 Å². The van der Waals surface area contributed by atoms with Crippen LogP contribution in [-0.2, 0) is 26.2 Å². The van der Waals surface area contributed by atoms with E-state index < -0.39 is 0 Å². The monoisotopic (exact) mass is 281 g/mol. The molecule has 1 aromatic rings. The third-order valence-corrected chi connectivity index (χ3v) is 1.27. The first-order valence-electron chi connectivity index (χ1n) is 3.03. The van der Waals surface area contributed by atoms with Crippen LogP contribution in [0.3, 0.4) is 0 Å². The van der Waals surface area contributed by atoms with Crippen LogP contribution < -0.4 is 29.7 Å². The fraction of sp³-hybridized carbons (Fsp3) is 0.250. The summed E-state index contributed by atoms with van der Waals surface area (Å²) < 4.78 is 0. The molecule has 0 atom stereocenters. The predicted molar refractivity (Wildman–Crippen MR) is 40.8 cm³/mol. The quantitative estimate of drug-likeness (QED) is 0.505. The molecule has 1 rings (SSSR count). The van der Waals surface area contributed by atoms with E-state index in [1.165, 1.54) is 5.69 Å².